The van der Waals surface area contributed by atoms with E-state index in [1.54, 1.807) is 18.9 Å². The molecule has 1 aliphatic heterocycles. The van der Waals surface area contributed by atoms with E-state index < -0.39 is 12.1 Å². The number of nitrogens with zero attached hydrogens (tertiary/aromatic N) is 1. The number of nitrogens with one attached hydrogen (secondary N) is 2. The summed E-state index contributed by atoms with van der Waals surface area (Å²) >= 11 is 0. The van der Waals surface area contributed by atoms with Gasteiger partial charge in [0, 0.05) is 19.5 Å². The highest BCUT2D eigenvalue weighted by atomic mass is 16.2. The Morgan fingerprint density at radius 2 is 1.92 bits per heavy atom. The molecule has 1 heterocycles. The molecule has 2 N–H and O–H groups in total. The van der Waals surface area contributed by atoms with Crippen molar-refractivity contribution in [2.24, 2.45) is 5.92 Å². The minimum absolute atomic E-state index is 0.140. The highest BCUT2D eigenvalue weighted by Crippen LogP contribution is 2.24. The van der Waals surface area contributed by atoms with Gasteiger partial charge < -0.3 is 15.5 Å². The van der Waals surface area contributed by atoms with E-state index in [4.69, 9.17) is 0 Å². The van der Waals surface area contributed by atoms with E-state index in [9.17, 15) is 14.4 Å². The van der Waals surface area contributed by atoms with Gasteiger partial charge in [0.25, 0.3) is 0 Å². The van der Waals surface area contributed by atoms with Gasteiger partial charge in [-0.05, 0) is 30.9 Å². The number of likely N-dealkylation sites (N-methyl/N-ethyl adjacent to an activating group) is 1. The van der Waals surface area contributed by atoms with E-state index >= 15 is 0 Å². The van der Waals surface area contributed by atoms with Crippen molar-refractivity contribution in [3.63, 3.8) is 0 Å². The second kappa shape index (κ2) is 8.14. The van der Waals surface area contributed by atoms with Gasteiger partial charge in [-0.15, -0.1) is 0 Å². The third kappa shape index (κ3) is 4.38. The summed E-state index contributed by atoms with van der Waals surface area (Å²) in [5.41, 5.74) is 1.88. The summed E-state index contributed by atoms with van der Waals surface area (Å²) in [7, 11) is 1.74. The topological polar surface area (TPSA) is 78.5 Å². The number of amides is 3. The lowest BCUT2D eigenvalue weighted by Crippen LogP contribution is -2.49. The molecule has 6 nitrogen and oxygen atoms in total. The normalized spacial score (nSPS) is 19.4. The number of hydrogen-bond donors (Lipinski definition) is 2. The first-order valence-corrected chi connectivity index (χ1v) is 8.78. The number of carbonyl (C=O) groups is 3. The van der Waals surface area contributed by atoms with Gasteiger partial charge >= 0.3 is 0 Å². The lowest BCUT2D eigenvalue weighted by molar-refractivity contribution is -0.136. The Kier molecular flexibility index (Phi) is 6.17. The Balaban J connectivity index is 2.15. The molecule has 0 fully saturated rings. The Morgan fingerprint density at radius 3 is 2.60 bits per heavy atom. The predicted molar refractivity (Wildman–Crippen MR) is 95.7 cm³/mol. The van der Waals surface area contributed by atoms with Crippen LogP contribution in [0.2, 0.25) is 0 Å². The van der Waals surface area contributed by atoms with E-state index in [1.807, 2.05) is 38.1 Å². The van der Waals surface area contributed by atoms with Gasteiger partial charge in [0.2, 0.25) is 17.7 Å². The Labute approximate surface area is 149 Å². The zero-order chi connectivity index (χ0) is 18.6. The minimum atomic E-state index is -0.723. The van der Waals surface area contributed by atoms with E-state index in [0.29, 0.717) is 13.0 Å². The van der Waals surface area contributed by atoms with Crippen molar-refractivity contribution in [3.05, 3.63) is 35.4 Å². The molecule has 0 aromatic heterocycles. The fourth-order valence-electron chi connectivity index (χ4n) is 2.81. The molecule has 3 atom stereocenters. The highest BCUT2D eigenvalue weighted by molar-refractivity contribution is 5.93. The van der Waals surface area contributed by atoms with Crippen LogP contribution < -0.4 is 10.6 Å². The quantitative estimate of drug-likeness (QED) is 0.847. The first-order valence-electron chi connectivity index (χ1n) is 8.78. The van der Waals surface area contributed by atoms with E-state index in [0.717, 1.165) is 17.5 Å². The summed E-state index contributed by atoms with van der Waals surface area (Å²) in [5.74, 6) is -0.810. The molecule has 1 aliphatic rings. The van der Waals surface area contributed by atoms with Crippen LogP contribution in [0.4, 0.5) is 0 Å². The van der Waals surface area contributed by atoms with Crippen molar-refractivity contribution >= 4 is 17.7 Å². The molecule has 2 rings (SSSR count). The van der Waals surface area contributed by atoms with Crippen molar-refractivity contribution in [3.8, 4) is 0 Å². The molecule has 0 saturated heterocycles. The van der Waals surface area contributed by atoms with Crippen molar-refractivity contribution in [2.45, 2.75) is 45.7 Å². The summed E-state index contributed by atoms with van der Waals surface area (Å²) in [6, 6.07) is 6.23. The molecule has 0 radical (unpaired) electrons. The Morgan fingerprint density at radius 1 is 1.24 bits per heavy atom. The fraction of sp³-hybridized carbons (Fsp3) is 0.526. The van der Waals surface area contributed by atoms with E-state index in [1.165, 1.54) is 0 Å². The molecule has 1 aromatic carbocycles. The molecule has 1 aromatic rings. The van der Waals surface area contributed by atoms with Crippen molar-refractivity contribution < 1.29 is 14.4 Å². The molecule has 3 amide bonds. The van der Waals surface area contributed by atoms with Gasteiger partial charge in [0.15, 0.2) is 0 Å². The highest BCUT2D eigenvalue weighted by Gasteiger charge is 2.31. The van der Waals surface area contributed by atoms with Crippen LogP contribution in [0.3, 0.4) is 0 Å². The molecular weight excluding hydrogens is 318 g/mol. The van der Waals surface area contributed by atoms with Crippen LogP contribution >= 0.6 is 0 Å². The van der Waals surface area contributed by atoms with Gasteiger partial charge in [0.05, 0.1) is 0 Å². The van der Waals surface area contributed by atoms with E-state index in [2.05, 4.69) is 10.6 Å². The summed E-state index contributed by atoms with van der Waals surface area (Å²) < 4.78 is 0. The number of rotatable bonds is 5. The smallest absolute Gasteiger partial charge is 0.249 e. The fourth-order valence-corrected chi connectivity index (χ4v) is 2.81. The molecular formula is C19H27N3O3. The summed E-state index contributed by atoms with van der Waals surface area (Å²) in [6.07, 6.45) is 1.46. The van der Waals surface area contributed by atoms with Crippen LogP contribution in [0.25, 0.3) is 0 Å². The predicted octanol–water partition coefficient (Wildman–Crippen LogP) is 1.41. The number of carbonyl (C=O) groups excluding carboxylic acids is 3. The van der Waals surface area contributed by atoms with Crippen molar-refractivity contribution in [2.75, 3.05) is 13.6 Å². The number of benzene rings is 1. The number of hydrogen-bond acceptors (Lipinski definition) is 3. The zero-order valence-electron chi connectivity index (χ0n) is 15.3. The molecule has 0 aliphatic carbocycles. The molecule has 0 bridgehead atoms. The van der Waals surface area contributed by atoms with Crippen LogP contribution in [0.15, 0.2) is 24.3 Å². The maximum absolute atomic E-state index is 12.7. The van der Waals surface area contributed by atoms with Crippen molar-refractivity contribution in [1.29, 1.82) is 0 Å². The standard InChI is InChI=1S/C19H27N3O3/c1-5-12(2)17(23)20-13(3)18(24)21-16-15-9-7-6-8-14(15)10-11-22(4)19(16)25/h6-9,12-13,16H,5,10-11H2,1-4H3,(H,20,23)(H,21,24)/t12?,13-,16-/m0/s1. The SMILES string of the molecule is CCC(C)C(=O)N[C@@H](C)C(=O)N[C@@H]1C(=O)N(C)CCc2ccccc21. The van der Waals surface area contributed by atoms with Gasteiger partial charge in [-0.3, -0.25) is 14.4 Å². The first kappa shape index (κ1) is 19.0. The molecule has 0 saturated carbocycles. The van der Waals surface area contributed by atoms with E-state index in [-0.39, 0.29) is 23.6 Å². The van der Waals surface area contributed by atoms with Crippen LogP contribution in [-0.4, -0.2) is 42.3 Å². The van der Waals surface area contributed by atoms with Gasteiger partial charge in [0.1, 0.15) is 12.1 Å². The third-order valence-corrected chi connectivity index (χ3v) is 4.80. The summed E-state index contributed by atoms with van der Waals surface area (Å²) in [6.45, 7) is 5.99. The Hall–Kier alpha value is -2.37. The van der Waals surface area contributed by atoms with Gasteiger partial charge in [-0.1, -0.05) is 38.1 Å². The zero-order valence-corrected chi connectivity index (χ0v) is 15.3. The summed E-state index contributed by atoms with van der Waals surface area (Å²) in [4.78, 5) is 38.8. The van der Waals surface area contributed by atoms with Crippen LogP contribution in [0, 0.1) is 5.92 Å². The first-order chi connectivity index (χ1) is 11.8. The van der Waals surface area contributed by atoms with Crippen LogP contribution in [0.1, 0.15) is 44.4 Å². The van der Waals surface area contributed by atoms with Crippen LogP contribution in [0.5, 0.6) is 0 Å². The average molecular weight is 345 g/mol. The molecule has 6 heteroatoms. The maximum Gasteiger partial charge on any atom is 0.249 e. The molecule has 136 valence electrons. The Bertz CT molecular complexity index is 659. The van der Waals surface area contributed by atoms with Crippen LogP contribution in [-0.2, 0) is 20.8 Å². The summed E-state index contributed by atoms with van der Waals surface area (Å²) in [5, 5.41) is 5.52. The largest absolute Gasteiger partial charge is 0.344 e. The van der Waals surface area contributed by atoms with Gasteiger partial charge in [-0.25, -0.2) is 0 Å². The number of fused-ring (bicyclic) bond motifs is 1. The second-order valence-corrected chi connectivity index (χ2v) is 6.69. The molecule has 1 unspecified atom stereocenters. The lowest BCUT2D eigenvalue weighted by atomic mass is 9.99. The average Bonchev–Trinajstić information content (AvgIpc) is 2.73. The van der Waals surface area contributed by atoms with Crippen molar-refractivity contribution in [1.82, 2.24) is 15.5 Å². The van der Waals surface area contributed by atoms with Gasteiger partial charge in [-0.2, -0.15) is 0 Å². The lowest BCUT2D eigenvalue weighted by Gasteiger charge is -2.24. The second-order valence-electron chi connectivity index (χ2n) is 6.69. The third-order valence-electron chi connectivity index (χ3n) is 4.80. The monoisotopic (exact) mass is 345 g/mol. The maximum atomic E-state index is 12.7. The molecule has 25 heavy (non-hydrogen) atoms. The minimum Gasteiger partial charge on any atom is -0.344 e. The molecule has 0 spiro atoms.